The summed E-state index contributed by atoms with van der Waals surface area (Å²) in [5.74, 6) is 0.920. The van der Waals surface area contributed by atoms with Crippen LogP contribution in [0.25, 0.3) is 93.9 Å². The van der Waals surface area contributed by atoms with Gasteiger partial charge in [0.25, 0.3) is 0 Å². The maximum absolute atomic E-state index is 6.92. The lowest BCUT2D eigenvalue weighted by Gasteiger charge is -2.31. The third-order valence-electron chi connectivity index (χ3n) is 12.4. The third-order valence-corrected chi connectivity index (χ3v) is 12.4. The van der Waals surface area contributed by atoms with Gasteiger partial charge in [-0.1, -0.05) is 176 Å². The van der Waals surface area contributed by atoms with Gasteiger partial charge >= 0.3 is 0 Å². The molecule has 1 aliphatic rings. The fourth-order valence-electron chi connectivity index (χ4n) is 9.49. The van der Waals surface area contributed by atoms with Crippen molar-refractivity contribution in [3.8, 4) is 44.5 Å². The molecule has 2 aromatic heterocycles. The highest BCUT2D eigenvalue weighted by Gasteiger charge is 2.29. The van der Waals surface area contributed by atoms with Crippen LogP contribution in [0.2, 0.25) is 0 Å². The molecule has 0 bridgehead atoms. The van der Waals surface area contributed by atoms with Gasteiger partial charge in [-0.2, -0.15) is 0 Å². The lowest BCUT2D eigenvalue weighted by molar-refractivity contribution is 0.588. The maximum atomic E-state index is 6.92. The highest BCUT2D eigenvalue weighted by atomic mass is 16.3. The zero-order valence-corrected chi connectivity index (χ0v) is 33.4. The summed E-state index contributed by atoms with van der Waals surface area (Å²) >= 11 is 0. The number of para-hydroxylation sites is 3. The molecule has 0 fully saturated rings. The Labute approximate surface area is 354 Å². The van der Waals surface area contributed by atoms with Crippen LogP contribution in [0.15, 0.2) is 221 Å². The van der Waals surface area contributed by atoms with E-state index in [1.165, 1.54) is 38.6 Å². The summed E-state index contributed by atoms with van der Waals surface area (Å²) < 4.78 is 13.7. The summed E-state index contributed by atoms with van der Waals surface area (Å²) in [6, 6.07) is 73.7. The van der Waals surface area contributed by atoms with Crippen molar-refractivity contribution in [1.29, 1.82) is 0 Å². The zero-order valence-electron chi connectivity index (χ0n) is 33.4. The Kier molecular flexibility index (Phi) is 8.31. The summed E-state index contributed by atoms with van der Waals surface area (Å²) in [4.78, 5) is 2.39. The summed E-state index contributed by atoms with van der Waals surface area (Å²) in [6.07, 6.45) is 4.18. The molecule has 0 amide bonds. The zero-order chi connectivity index (χ0) is 40.3. The standard InChI is InChI=1S/C58H39NO2/c1-3-15-39(16-4-1)44-35-32-42(37-52(44)40-17-5-2-6-18-40)38-29-33-43(34-30-38)59(54-27-14-25-49-47-22-10-12-28-55(47)60-58(49)54)53-26-11-9-21-46(53)48-23-13-24-50-51-36-31-41-19-7-8-20-45(41)56(51)61-57(48)50/h1-13,15-24,26-37H,14,25H2. The SMILES string of the molecule is C1=C(N(c2ccc(-c3ccc(-c4ccccc4)c(-c4ccccc4)c3)cc2)c2ccccc2-c2cccc3c2oc2c4ccccc4ccc32)c2oc3ccccc3c2CC1. The average Bonchev–Trinajstić information content (AvgIpc) is 3.92. The minimum absolute atomic E-state index is 0.881. The van der Waals surface area contributed by atoms with Crippen molar-refractivity contribution in [3.05, 3.63) is 224 Å². The lowest BCUT2D eigenvalue weighted by atomic mass is 9.91. The molecule has 3 heteroatoms. The number of fused-ring (bicyclic) bond motifs is 8. The Morgan fingerprint density at radius 3 is 1.89 bits per heavy atom. The molecule has 0 radical (unpaired) electrons. The topological polar surface area (TPSA) is 29.5 Å². The molecule has 0 N–H and O–H groups in total. The summed E-state index contributed by atoms with van der Waals surface area (Å²) in [5.41, 5.74) is 16.4. The first-order valence-corrected chi connectivity index (χ1v) is 21.1. The number of rotatable bonds is 7. The molecule has 11 aromatic rings. The van der Waals surface area contributed by atoms with Crippen LogP contribution in [0, 0.1) is 0 Å². The Morgan fingerprint density at radius 2 is 1.05 bits per heavy atom. The minimum atomic E-state index is 0.881. The Morgan fingerprint density at radius 1 is 0.393 bits per heavy atom. The summed E-state index contributed by atoms with van der Waals surface area (Å²) in [6.45, 7) is 0. The van der Waals surface area contributed by atoms with Crippen LogP contribution in [0.3, 0.4) is 0 Å². The van der Waals surface area contributed by atoms with Crippen molar-refractivity contribution in [3.63, 3.8) is 0 Å². The number of allylic oxidation sites excluding steroid dienone is 1. The molecule has 288 valence electrons. The van der Waals surface area contributed by atoms with Gasteiger partial charge in [-0.25, -0.2) is 0 Å². The highest BCUT2D eigenvalue weighted by Crippen LogP contribution is 2.48. The molecule has 3 nitrogen and oxygen atoms in total. The highest BCUT2D eigenvalue weighted by molar-refractivity contribution is 6.18. The van der Waals surface area contributed by atoms with Crippen molar-refractivity contribution in [2.75, 3.05) is 4.90 Å². The van der Waals surface area contributed by atoms with Gasteiger partial charge in [0.15, 0.2) is 5.76 Å². The van der Waals surface area contributed by atoms with Gasteiger partial charge in [0.05, 0.1) is 11.4 Å². The Hall–Kier alpha value is -7.88. The number of aryl methyl sites for hydroxylation is 1. The lowest BCUT2D eigenvalue weighted by Crippen LogP contribution is -2.18. The number of hydrogen-bond donors (Lipinski definition) is 0. The number of furan rings is 2. The van der Waals surface area contributed by atoms with Crippen molar-refractivity contribution in [2.45, 2.75) is 12.8 Å². The van der Waals surface area contributed by atoms with E-state index < -0.39 is 0 Å². The third kappa shape index (κ3) is 5.89. The van der Waals surface area contributed by atoms with Gasteiger partial charge in [-0.05, 0) is 88.0 Å². The number of hydrogen-bond acceptors (Lipinski definition) is 3. The number of nitrogens with zero attached hydrogens (tertiary/aromatic N) is 1. The van der Waals surface area contributed by atoms with Crippen LogP contribution in [-0.2, 0) is 6.42 Å². The maximum Gasteiger partial charge on any atom is 0.155 e. The van der Waals surface area contributed by atoms with E-state index in [4.69, 9.17) is 8.83 Å². The molecule has 0 saturated heterocycles. The molecule has 0 saturated carbocycles. The minimum Gasteiger partial charge on any atom is -0.455 e. The van der Waals surface area contributed by atoms with Gasteiger partial charge in [0.2, 0.25) is 0 Å². The van der Waals surface area contributed by atoms with E-state index in [0.29, 0.717) is 0 Å². The second kappa shape index (κ2) is 14.4. The fourth-order valence-corrected chi connectivity index (χ4v) is 9.49. The van der Waals surface area contributed by atoms with E-state index >= 15 is 0 Å². The summed E-state index contributed by atoms with van der Waals surface area (Å²) in [5, 5.41) is 5.69. The van der Waals surface area contributed by atoms with Crippen LogP contribution in [0.1, 0.15) is 17.7 Å². The second-order valence-corrected chi connectivity index (χ2v) is 15.9. The molecular weight excluding hydrogens is 743 g/mol. The second-order valence-electron chi connectivity index (χ2n) is 15.9. The van der Waals surface area contributed by atoms with Gasteiger partial charge in [-0.15, -0.1) is 0 Å². The van der Waals surface area contributed by atoms with E-state index in [1.807, 2.05) is 0 Å². The first kappa shape index (κ1) is 35.1. The first-order chi connectivity index (χ1) is 30.3. The van der Waals surface area contributed by atoms with Crippen LogP contribution < -0.4 is 4.90 Å². The average molecular weight is 782 g/mol. The summed E-state index contributed by atoms with van der Waals surface area (Å²) in [7, 11) is 0. The quantitative estimate of drug-likeness (QED) is 0.161. The Bertz CT molecular complexity index is 3460. The molecule has 12 rings (SSSR count). The van der Waals surface area contributed by atoms with E-state index in [-0.39, 0.29) is 0 Å². The molecule has 2 heterocycles. The van der Waals surface area contributed by atoms with E-state index in [0.717, 1.165) is 90.8 Å². The van der Waals surface area contributed by atoms with E-state index in [2.05, 4.69) is 217 Å². The van der Waals surface area contributed by atoms with Crippen LogP contribution in [0.4, 0.5) is 11.4 Å². The predicted molar refractivity (Wildman–Crippen MR) is 254 cm³/mol. The molecular formula is C58H39NO2. The molecule has 0 unspecified atom stereocenters. The number of benzene rings is 9. The van der Waals surface area contributed by atoms with Crippen molar-refractivity contribution in [2.24, 2.45) is 0 Å². The normalized spacial score (nSPS) is 12.6. The van der Waals surface area contributed by atoms with E-state index in [9.17, 15) is 0 Å². The molecule has 0 spiro atoms. The molecule has 1 aliphatic carbocycles. The monoisotopic (exact) mass is 781 g/mol. The van der Waals surface area contributed by atoms with Gasteiger partial charge in [0.1, 0.15) is 16.7 Å². The number of anilines is 2. The largest absolute Gasteiger partial charge is 0.455 e. The van der Waals surface area contributed by atoms with E-state index in [1.54, 1.807) is 0 Å². The van der Waals surface area contributed by atoms with Crippen molar-refractivity contribution < 1.29 is 8.83 Å². The molecule has 61 heavy (non-hydrogen) atoms. The van der Waals surface area contributed by atoms with Crippen LogP contribution >= 0.6 is 0 Å². The van der Waals surface area contributed by atoms with Gasteiger partial charge in [-0.3, -0.25) is 0 Å². The van der Waals surface area contributed by atoms with Gasteiger partial charge < -0.3 is 13.7 Å². The Balaban J connectivity index is 1.03. The molecule has 0 atom stereocenters. The van der Waals surface area contributed by atoms with Crippen molar-refractivity contribution >= 4 is 60.8 Å². The van der Waals surface area contributed by atoms with Crippen molar-refractivity contribution in [1.82, 2.24) is 0 Å². The van der Waals surface area contributed by atoms with Crippen LogP contribution in [-0.4, -0.2) is 0 Å². The van der Waals surface area contributed by atoms with Gasteiger partial charge in [0, 0.05) is 43.9 Å². The molecule has 9 aromatic carbocycles. The van der Waals surface area contributed by atoms with Crippen LogP contribution in [0.5, 0.6) is 0 Å². The fraction of sp³-hybridized carbons (Fsp3) is 0.0345. The smallest absolute Gasteiger partial charge is 0.155 e. The molecule has 0 aliphatic heterocycles. The first-order valence-electron chi connectivity index (χ1n) is 21.1. The predicted octanol–water partition coefficient (Wildman–Crippen LogP) is 16.3.